The molecule has 1 aliphatic heterocycles. The molecule has 7 heteroatoms. The van der Waals surface area contributed by atoms with Gasteiger partial charge < -0.3 is 15.4 Å². The summed E-state index contributed by atoms with van der Waals surface area (Å²) >= 11 is 0. The van der Waals surface area contributed by atoms with Crippen LogP contribution in [0, 0.1) is 0 Å². The maximum atomic E-state index is 8.82. The summed E-state index contributed by atoms with van der Waals surface area (Å²) in [5, 5.41) is 15.7. The van der Waals surface area contributed by atoms with Gasteiger partial charge in [-0.15, -0.1) is 0 Å². The number of aromatic nitrogens is 3. The van der Waals surface area contributed by atoms with Gasteiger partial charge >= 0.3 is 0 Å². The summed E-state index contributed by atoms with van der Waals surface area (Å²) < 4.78 is 2.09. The molecule has 20 heavy (non-hydrogen) atoms. The van der Waals surface area contributed by atoms with Gasteiger partial charge in [0.05, 0.1) is 5.39 Å². The van der Waals surface area contributed by atoms with Crippen LogP contribution in [0.5, 0.6) is 0 Å². The Morgan fingerprint density at radius 1 is 1.25 bits per heavy atom. The van der Waals surface area contributed by atoms with Crippen LogP contribution >= 0.6 is 0 Å². The largest absolute Gasteiger partial charge is 0.396 e. The molecule has 0 bridgehead atoms. The molecule has 0 atom stereocenters. The van der Waals surface area contributed by atoms with Gasteiger partial charge in [0.1, 0.15) is 12.0 Å². The van der Waals surface area contributed by atoms with Crippen molar-refractivity contribution in [2.24, 2.45) is 10.8 Å². The van der Waals surface area contributed by atoms with E-state index in [0.717, 1.165) is 48.2 Å². The average Bonchev–Trinajstić information content (AvgIpc) is 2.82. The topological polar surface area (TPSA) is 92.6 Å². The molecule has 1 aliphatic rings. The van der Waals surface area contributed by atoms with Gasteiger partial charge in [-0.2, -0.15) is 5.10 Å². The van der Waals surface area contributed by atoms with E-state index in [9.17, 15) is 0 Å². The van der Waals surface area contributed by atoms with Gasteiger partial charge in [0.15, 0.2) is 11.7 Å². The van der Waals surface area contributed by atoms with Crippen molar-refractivity contribution in [1.82, 2.24) is 14.5 Å². The van der Waals surface area contributed by atoms with E-state index in [2.05, 4.69) is 19.6 Å². The van der Waals surface area contributed by atoms with Crippen molar-refractivity contribution in [3.63, 3.8) is 0 Å². The number of hydrazone groups is 1. The number of aliphatic hydroxyl groups is 1. The fraction of sp³-hybridized carbons (Fsp3) is 0.462. The second-order valence-corrected chi connectivity index (χ2v) is 4.93. The molecule has 3 rings (SSSR count). The zero-order chi connectivity index (χ0) is 14.1. The number of rotatable bonds is 5. The van der Waals surface area contributed by atoms with Crippen molar-refractivity contribution < 1.29 is 5.11 Å². The molecule has 0 saturated heterocycles. The standard InChI is InChI=1S/C13H18N6O/c1-18-12-10-9(11(14)17-18)7-19(5-3-2-4-6-20)13(10)16-8-15-12/h7-8,20H,2-6H2,1H3,(H2,14,17). The highest BCUT2D eigenvalue weighted by atomic mass is 16.2. The second-order valence-electron chi connectivity index (χ2n) is 4.93. The first-order valence-electron chi connectivity index (χ1n) is 6.75. The molecule has 0 unspecified atom stereocenters. The quantitative estimate of drug-likeness (QED) is 0.781. The predicted octanol–water partition coefficient (Wildman–Crippen LogP) is 0.664. The lowest BCUT2D eigenvalue weighted by atomic mass is 10.2. The Morgan fingerprint density at radius 2 is 2.10 bits per heavy atom. The van der Waals surface area contributed by atoms with Crippen molar-refractivity contribution in [3.05, 3.63) is 18.1 Å². The van der Waals surface area contributed by atoms with Crippen molar-refractivity contribution in [2.45, 2.75) is 25.8 Å². The molecule has 3 heterocycles. The summed E-state index contributed by atoms with van der Waals surface area (Å²) in [7, 11) is 1.83. The van der Waals surface area contributed by atoms with Gasteiger partial charge in [0.2, 0.25) is 0 Å². The Bertz CT molecular complexity index is 662. The zero-order valence-electron chi connectivity index (χ0n) is 11.5. The number of amidine groups is 1. The molecule has 0 aliphatic carbocycles. The van der Waals surface area contributed by atoms with Gasteiger partial charge in [-0.1, -0.05) is 0 Å². The first kappa shape index (κ1) is 12.9. The van der Waals surface area contributed by atoms with Crippen LogP contribution in [-0.4, -0.2) is 39.1 Å². The number of anilines is 1. The third-order valence-corrected chi connectivity index (χ3v) is 3.53. The van der Waals surface area contributed by atoms with E-state index in [0.29, 0.717) is 5.84 Å². The van der Waals surface area contributed by atoms with E-state index in [1.807, 2.05) is 13.2 Å². The van der Waals surface area contributed by atoms with E-state index >= 15 is 0 Å². The molecule has 7 nitrogen and oxygen atoms in total. The summed E-state index contributed by atoms with van der Waals surface area (Å²) in [5.41, 5.74) is 7.78. The van der Waals surface area contributed by atoms with Crippen LogP contribution in [0.15, 0.2) is 17.6 Å². The van der Waals surface area contributed by atoms with Crippen LogP contribution in [0.4, 0.5) is 5.82 Å². The van der Waals surface area contributed by atoms with E-state index in [1.54, 1.807) is 11.3 Å². The van der Waals surface area contributed by atoms with Gasteiger partial charge in [0.25, 0.3) is 0 Å². The van der Waals surface area contributed by atoms with E-state index in [1.165, 1.54) is 0 Å². The fourth-order valence-electron chi connectivity index (χ4n) is 2.55. The molecule has 0 saturated carbocycles. The highest BCUT2D eigenvalue weighted by Crippen LogP contribution is 2.31. The number of hydrogen-bond donors (Lipinski definition) is 2. The molecule has 2 aromatic rings. The van der Waals surface area contributed by atoms with E-state index in [-0.39, 0.29) is 6.61 Å². The minimum Gasteiger partial charge on any atom is -0.396 e. The molecule has 0 radical (unpaired) electrons. The van der Waals surface area contributed by atoms with Gasteiger partial charge in [-0.3, -0.25) is 0 Å². The molecule has 106 valence electrons. The summed E-state index contributed by atoms with van der Waals surface area (Å²) in [4.78, 5) is 8.66. The molecule has 0 spiro atoms. The van der Waals surface area contributed by atoms with Gasteiger partial charge in [0, 0.05) is 32.0 Å². The molecule has 0 amide bonds. The smallest absolute Gasteiger partial charge is 0.162 e. The molecule has 3 N–H and O–H groups in total. The Hall–Kier alpha value is -2.15. The molecular weight excluding hydrogens is 256 g/mol. The lowest BCUT2D eigenvalue weighted by molar-refractivity contribution is 0.282. The van der Waals surface area contributed by atoms with Crippen LogP contribution < -0.4 is 10.7 Å². The molecule has 2 aromatic heterocycles. The molecular formula is C13H18N6O. The number of aliphatic hydroxyl groups excluding tert-OH is 1. The summed E-state index contributed by atoms with van der Waals surface area (Å²) in [6.07, 6.45) is 6.37. The summed E-state index contributed by atoms with van der Waals surface area (Å²) in [5.74, 6) is 1.28. The number of hydrogen-bond acceptors (Lipinski definition) is 6. The molecule has 0 aromatic carbocycles. The number of nitrogens with two attached hydrogens (primary N) is 1. The second kappa shape index (κ2) is 5.09. The monoisotopic (exact) mass is 274 g/mol. The van der Waals surface area contributed by atoms with Gasteiger partial charge in [-0.25, -0.2) is 15.0 Å². The van der Waals surface area contributed by atoms with Gasteiger partial charge in [-0.05, 0) is 19.3 Å². The minimum absolute atomic E-state index is 0.244. The Labute approximate surface area is 116 Å². The normalized spacial score (nSPS) is 13.9. The number of nitrogens with zero attached hydrogens (tertiary/aromatic N) is 5. The van der Waals surface area contributed by atoms with Crippen LogP contribution in [-0.2, 0) is 6.54 Å². The van der Waals surface area contributed by atoms with Crippen molar-refractivity contribution >= 4 is 22.7 Å². The third kappa shape index (κ3) is 2.00. The van der Waals surface area contributed by atoms with E-state index < -0.39 is 0 Å². The Balaban J connectivity index is 1.98. The fourth-order valence-corrected chi connectivity index (χ4v) is 2.55. The average molecular weight is 274 g/mol. The van der Waals surface area contributed by atoms with E-state index in [4.69, 9.17) is 10.8 Å². The highest BCUT2D eigenvalue weighted by Gasteiger charge is 2.23. The van der Waals surface area contributed by atoms with Crippen LogP contribution in [0.25, 0.3) is 11.0 Å². The minimum atomic E-state index is 0.244. The third-order valence-electron chi connectivity index (χ3n) is 3.53. The van der Waals surface area contributed by atoms with Crippen molar-refractivity contribution in [1.29, 1.82) is 0 Å². The van der Waals surface area contributed by atoms with Crippen LogP contribution in [0.2, 0.25) is 0 Å². The summed E-state index contributed by atoms with van der Waals surface area (Å²) in [6.45, 7) is 1.10. The van der Waals surface area contributed by atoms with Crippen molar-refractivity contribution in [3.8, 4) is 0 Å². The van der Waals surface area contributed by atoms with Crippen LogP contribution in [0.3, 0.4) is 0 Å². The van der Waals surface area contributed by atoms with Crippen LogP contribution in [0.1, 0.15) is 24.8 Å². The zero-order valence-corrected chi connectivity index (χ0v) is 11.5. The number of unbranched alkanes of at least 4 members (excludes halogenated alkanes) is 2. The first-order valence-corrected chi connectivity index (χ1v) is 6.75. The number of aryl methyl sites for hydroxylation is 1. The maximum Gasteiger partial charge on any atom is 0.162 e. The maximum absolute atomic E-state index is 8.82. The molecule has 0 fully saturated rings. The SMILES string of the molecule is CN1N=C(N)c2cn(CCCCCO)c3ncnc1c23. The lowest BCUT2D eigenvalue weighted by Crippen LogP contribution is -2.25. The predicted molar refractivity (Wildman–Crippen MR) is 77.6 cm³/mol. The first-order chi connectivity index (χ1) is 9.72. The summed E-state index contributed by atoms with van der Waals surface area (Å²) in [6, 6.07) is 0. The lowest BCUT2D eigenvalue weighted by Gasteiger charge is -2.18. The highest BCUT2D eigenvalue weighted by molar-refractivity contribution is 6.13. The van der Waals surface area contributed by atoms with Crippen molar-refractivity contribution in [2.75, 3.05) is 18.7 Å². The Morgan fingerprint density at radius 3 is 2.90 bits per heavy atom. The Kier molecular flexibility index (Phi) is 3.27.